The van der Waals surface area contributed by atoms with Crippen molar-refractivity contribution in [1.82, 2.24) is 9.29 Å². The number of hydrogen-bond donors (Lipinski definition) is 1. The lowest BCUT2D eigenvalue weighted by atomic mass is 10.4. The molecule has 0 fully saturated rings. The molecular formula is C14H17ClN2O2S. The molecular weight excluding hydrogens is 296 g/mol. The van der Waals surface area contributed by atoms with E-state index in [1.807, 2.05) is 26.0 Å². The fourth-order valence-corrected chi connectivity index (χ4v) is 3.38. The zero-order valence-electron chi connectivity index (χ0n) is 11.4. The molecule has 0 unspecified atom stereocenters. The summed E-state index contributed by atoms with van der Waals surface area (Å²) in [4.78, 5) is 0.186. The van der Waals surface area contributed by atoms with Crippen LogP contribution in [-0.4, -0.2) is 19.5 Å². The van der Waals surface area contributed by atoms with Crippen molar-refractivity contribution in [2.45, 2.75) is 25.3 Å². The number of benzene rings is 1. The summed E-state index contributed by atoms with van der Waals surface area (Å²) in [5, 5.41) is 0.407. The summed E-state index contributed by atoms with van der Waals surface area (Å²) in [6.07, 6.45) is 0. The number of hydrogen-bond acceptors (Lipinski definition) is 2. The topological polar surface area (TPSA) is 51.1 Å². The van der Waals surface area contributed by atoms with E-state index in [9.17, 15) is 8.42 Å². The molecule has 2 aromatic rings. The minimum Gasteiger partial charge on any atom is -0.348 e. The molecule has 1 heterocycles. The second-order valence-corrected chi connectivity index (χ2v) is 6.83. The maximum atomic E-state index is 12.1. The summed E-state index contributed by atoms with van der Waals surface area (Å²) in [5.74, 6) is 0. The van der Waals surface area contributed by atoms with E-state index in [1.165, 1.54) is 12.1 Å². The van der Waals surface area contributed by atoms with Gasteiger partial charge >= 0.3 is 0 Å². The molecule has 0 atom stereocenters. The van der Waals surface area contributed by atoms with E-state index in [0.29, 0.717) is 18.1 Å². The monoisotopic (exact) mass is 312 g/mol. The van der Waals surface area contributed by atoms with Crippen LogP contribution in [0.2, 0.25) is 5.02 Å². The molecule has 0 saturated carbocycles. The van der Waals surface area contributed by atoms with Gasteiger partial charge in [0.05, 0.1) is 4.90 Å². The Labute approximate surface area is 124 Å². The molecule has 20 heavy (non-hydrogen) atoms. The van der Waals surface area contributed by atoms with Crippen LogP contribution in [0.15, 0.2) is 41.3 Å². The first-order chi connectivity index (χ1) is 9.40. The van der Waals surface area contributed by atoms with Crippen LogP contribution in [0.4, 0.5) is 0 Å². The Morgan fingerprint density at radius 2 is 1.80 bits per heavy atom. The summed E-state index contributed by atoms with van der Waals surface area (Å²) in [7, 11) is -3.51. The fraction of sp³-hybridized carbons (Fsp3) is 0.286. The number of sulfonamides is 1. The molecule has 1 N–H and O–H groups in total. The van der Waals surface area contributed by atoms with Gasteiger partial charge in [0.25, 0.3) is 0 Å². The van der Waals surface area contributed by atoms with Crippen molar-refractivity contribution in [3.05, 3.63) is 52.8 Å². The summed E-state index contributed by atoms with van der Waals surface area (Å²) < 4.78 is 28.9. The minimum absolute atomic E-state index is 0.186. The Kier molecular flexibility index (Phi) is 4.52. The highest BCUT2D eigenvalue weighted by molar-refractivity contribution is 7.89. The van der Waals surface area contributed by atoms with E-state index in [0.717, 1.165) is 11.4 Å². The average molecular weight is 313 g/mol. The van der Waals surface area contributed by atoms with Crippen LogP contribution >= 0.6 is 11.6 Å². The van der Waals surface area contributed by atoms with Gasteiger partial charge < -0.3 is 4.57 Å². The normalized spacial score (nSPS) is 11.8. The van der Waals surface area contributed by atoms with Crippen LogP contribution in [-0.2, 0) is 16.6 Å². The Bertz CT molecular complexity index is 688. The number of aromatic nitrogens is 1. The first kappa shape index (κ1) is 15.1. The molecule has 0 radical (unpaired) electrons. The second kappa shape index (κ2) is 5.99. The fourth-order valence-electron chi connectivity index (χ4n) is 2.06. The van der Waals surface area contributed by atoms with Crippen molar-refractivity contribution < 1.29 is 8.42 Å². The average Bonchev–Trinajstić information content (AvgIpc) is 2.70. The molecule has 0 aliphatic heterocycles. The van der Waals surface area contributed by atoms with Crippen molar-refractivity contribution in [1.29, 1.82) is 0 Å². The van der Waals surface area contributed by atoms with Crippen molar-refractivity contribution in [3.8, 4) is 0 Å². The molecule has 0 aliphatic carbocycles. The van der Waals surface area contributed by atoms with Gasteiger partial charge in [-0.1, -0.05) is 17.7 Å². The third-order valence-electron chi connectivity index (χ3n) is 3.15. The highest BCUT2D eigenvalue weighted by Crippen LogP contribution is 2.15. The lowest BCUT2D eigenvalue weighted by Gasteiger charge is -2.11. The zero-order valence-corrected chi connectivity index (χ0v) is 13.0. The van der Waals surface area contributed by atoms with Gasteiger partial charge in [-0.05, 0) is 44.2 Å². The van der Waals surface area contributed by atoms with Crippen molar-refractivity contribution in [2.24, 2.45) is 0 Å². The van der Waals surface area contributed by atoms with Gasteiger partial charge in [0.2, 0.25) is 10.0 Å². The molecule has 0 aliphatic rings. The molecule has 6 heteroatoms. The van der Waals surface area contributed by atoms with Crippen LogP contribution in [0.1, 0.15) is 11.4 Å². The van der Waals surface area contributed by atoms with Crippen LogP contribution in [0.3, 0.4) is 0 Å². The lowest BCUT2D eigenvalue weighted by Crippen LogP contribution is -2.27. The first-order valence-electron chi connectivity index (χ1n) is 6.28. The standard InChI is InChI=1S/C14H17ClN2O2S/c1-11-6-7-12(2)17(11)9-8-16-20(18,19)14-5-3-4-13(15)10-14/h3-7,10,16H,8-9H2,1-2H3. The molecule has 1 aromatic heterocycles. The molecule has 0 bridgehead atoms. The first-order valence-corrected chi connectivity index (χ1v) is 8.14. The van der Waals surface area contributed by atoms with Gasteiger partial charge in [-0.3, -0.25) is 0 Å². The molecule has 0 saturated heterocycles. The lowest BCUT2D eigenvalue weighted by molar-refractivity contribution is 0.570. The molecule has 4 nitrogen and oxygen atoms in total. The largest absolute Gasteiger partial charge is 0.348 e. The highest BCUT2D eigenvalue weighted by atomic mass is 35.5. The number of halogens is 1. The Morgan fingerprint density at radius 3 is 2.40 bits per heavy atom. The Morgan fingerprint density at radius 1 is 1.15 bits per heavy atom. The highest BCUT2D eigenvalue weighted by Gasteiger charge is 2.13. The summed E-state index contributed by atoms with van der Waals surface area (Å²) in [5.41, 5.74) is 2.23. The maximum absolute atomic E-state index is 12.1. The molecule has 0 spiro atoms. The number of rotatable bonds is 5. The van der Waals surface area contributed by atoms with Gasteiger partial charge in [0.1, 0.15) is 0 Å². The van der Waals surface area contributed by atoms with Crippen molar-refractivity contribution >= 4 is 21.6 Å². The summed E-state index contributed by atoms with van der Waals surface area (Å²) >= 11 is 5.81. The maximum Gasteiger partial charge on any atom is 0.240 e. The van der Waals surface area contributed by atoms with Gasteiger partial charge in [0.15, 0.2) is 0 Å². The van der Waals surface area contributed by atoms with Crippen molar-refractivity contribution in [2.75, 3.05) is 6.54 Å². The van der Waals surface area contributed by atoms with Crippen LogP contribution in [0.25, 0.3) is 0 Å². The van der Waals surface area contributed by atoms with Crippen molar-refractivity contribution in [3.63, 3.8) is 0 Å². The SMILES string of the molecule is Cc1ccc(C)n1CCNS(=O)(=O)c1cccc(Cl)c1. The van der Waals surface area contributed by atoms with E-state index in [-0.39, 0.29) is 4.90 Å². The Balaban J connectivity index is 2.04. The second-order valence-electron chi connectivity index (χ2n) is 4.62. The van der Waals surface area contributed by atoms with Crippen LogP contribution in [0, 0.1) is 13.8 Å². The number of nitrogens with zero attached hydrogens (tertiary/aromatic N) is 1. The van der Waals surface area contributed by atoms with E-state index >= 15 is 0 Å². The van der Waals surface area contributed by atoms with Crippen LogP contribution in [0.5, 0.6) is 0 Å². The van der Waals surface area contributed by atoms with Gasteiger partial charge in [0, 0.05) is 29.5 Å². The van der Waals surface area contributed by atoms with Gasteiger partial charge in [-0.25, -0.2) is 13.1 Å². The smallest absolute Gasteiger partial charge is 0.240 e. The third kappa shape index (κ3) is 3.42. The summed E-state index contributed by atoms with van der Waals surface area (Å²) in [6.45, 7) is 4.94. The third-order valence-corrected chi connectivity index (χ3v) is 4.84. The Hall–Kier alpha value is -1.30. The minimum atomic E-state index is -3.51. The van der Waals surface area contributed by atoms with E-state index in [4.69, 9.17) is 11.6 Å². The van der Waals surface area contributed by atoms with E-state index in [1.54, 1.807) is 12.1 Å². The number of nitrogens with one attached hydrogen (secondary N) is 1. The summed E-state index contributed by atoms with van der Waals surface area (Å²) in [6, 6.07) is 10.3. The van der Waals surface area contributed by atoms with E-state index in [2.05, 4.69) is 9.29 Å². The predicted octanol–water partition coefficient (Wildman–Crippen LogP) is 2.74. The number of aryl methyl sites for hydroxylation is 2. The van der Waals surface area contributed by atoms with Gasteiger partial charge in [-0.15, -0.1) is 0 Å². The van der Waals surface area contributed by atoms with Crippen LogP contribution < -0.4 is 4.72 Å². The zero-order chi connectivity index (χ0) is 14.8. The molecule has 0 amide bonds. The van der Waals surface area contributed by atoms with Gasteiger partial charge in [-0.2, -0.15) is 0 Å². The predicted molar refractivity (Wildman–Crippen MR) is 80.5 cm³/mol. The quantitative estimate of drug-likeness (QED) is 0.923. The molecule has 2 rings (SSSR count). The van der Waals surface area contributed by atoms with E-state index < -0.39 is 10.0 Å². The molecule has 108 valence electrons. The molecule has 1 aromatic carbocycles.